The van der Waals surface area contributed by atoms with E-state index in [1.807, 2.05) is 0 Å². The first-order chi connectivity index (χ1) is 8.56. The number of nitrogens with zero attached hydrogens (tertiary/aromatic N) is 2. The first-order valence-electron chi connectivity index (χ1n) is 4.80. The number of hydrogen-bond acceptors (Lipinski definition) is 3. The van der Waals surface area contributed by atoms with Gasteiger partial charge in [-0.15, -0.1) is 0 Å². The number of benzene rings is 1. The molecule has 0 radical (unpaired) electrons. The number of hydrogen-bond donors (Lipinski definition) is 1. The molecule has 1 N–H and O–H groups in total. The van der Waals surface area contributed by atoms with Crippen LogP contribution in [0.4, 0.5) is 10.1 Å². The van der Waals surface area contributed by atoms with E-state index >= 15 is 0 Å². The molecule has 1 heterocycles. The smallest absolute Gasteiger partial charge is 0.275 e. The Balaban J connectivity index is 2.21. The topological polar surface area (TPSA) is 54.9 Å². The molecule has 0 atom stereocenters. The van der Waals surface area contributed by atoms with Crippen molar-refractivity contribution in [1.29, 1.82) is 0 Å². The van der Waals surface area contributed by atoms with Crippen LogP contribution in [-0.4, -0.2) is 15.9 Å². The van der Waals surface area contributed by atoms with Crippen molar-refractivity contribution in [2.45, 2.75) is 0 Å². The lowest BCUT2D eigenvalue weighted by Crippen LogP contribution is -2.14. The van der Waals surface area contributed by atoms with Crippen molar-refractivity contribution in [2.75, 3.05) is 5.32 Å². The third-order valence-corrected chi connectivity index (χ3v) is 2.55. The van der Waals surface area contributed by atoms with Crippen LogP contribution in [0.25, 0.3) is 0 Å². The summed E-state index contributed by atoms with van der Waals surface area (Å²) >= 11 is 11.4. The second kappa shape index (κ2) is 5.29. The molecule has 18 heavy (non-hydrogen) atoms. The van der Waals surface area contributed by atoms with Gasteiger partial charge in [0.2, 0.25) is 0 Å². The fraction of sp³-hybridized carbons (Fsp3) is 0. The fourth-order valence-electron chi connectivity index (χ4n) is 1.21. The molecular weight excluding hydrogens is 280 g/mol. The molecule has 2 aromatic rings. The van der Waals surface area contributed by atoms with Crippen molar-refractivity contribution in [3.63, 3.8) is 0 Å². The highest BCUT2D eigenvalue weighted by molar-refractivity contribution is 6.33. The minimum atomic E-state index is -0.549. The lowest BCUT2D eigenvalue weighted by Gasteiger charge is -2.06. The van der Waals surface area contributed by atoms with Crippen LogP contribution in [-0.2, 0) is 0 Å². The second-order valence-corrected chi connectivity index (χ2v) is 4.10. The predicted molar refractivity (Wildman–Crippen MR) is 66.4 cm³/mol. The van der Waals surface area contributed by atoms with Crippen LogP contribution in [0.15, 0.2) is 30.6 Å². The van der Waals surface area contributed by atoms with Gasteiger partial charge in [-0.2, -0.15) is 0 Å². The highest BCUT2D eigenvalue weighted by atomic mass is 35.5. The fourth-order valence-corrected chi connectivity index (χ4v) is 1.47. The molecule has 0 bridgehead atoms. The molecular formula is C11H6Cl2FN3O. The summed E-state index contributed by atoms with van der Waals surface area (Å²) < 4.78 is 13.0. The average molecular weight is 286 g/mol. The van der Waals surface area contributed by atoms with Gasteiger partial charge in [-0.1, -0.05) is 23.2 Å². The summed E-state index contributed by atoms with van der Waals surface area (Å²) in [5, 5.41) is 2.83. The van der Waals surface area contributed by atoms with Gasteiger partial charge in [0.15, 0.2) is 0 Å². The molecule has 7 heteroatoms. The van der Waals surface area contributed by atoms with Crippen molar-refractivity contribution in [2.24, 2.45) is 0 Å². The van der Waals surface area contributed by atoms with E-state index in [4.69, 9.17) is 23.2 Å². The first-order valence-corrected chi connectivity index (χ1v) is 5.56. The van der Waals surface area contributed by atoms with Crippen molar-refractivity contribution in [3.8, 4) is 0 Å². The molecule has 2 rings (SSSR count). The number of carbonyl (C=O) groups is 1. The molecule has 1 aromatic carbocycles. The van der Waals surface area contributed by atoms with Gasteiger partial charge in [-0.25, -0.2) is 14.4 Å². The molecule has 0 fully saturated rings. The number of amides is 1. The molecule has 1 amide bonds. The lowest BCUT2D eigenvalue weighted by molar-refractivity contribution is 0.102. The first kappa shape index (κ1) is 12.7. The monoisotopic (exact) mass is 285 g/mol. The average Bonchev–Trinajstić information content (AvgIpc) is 2.34. The summed E-state index contributed by atoms with van der Waals surface area (Å²) in [4.78, 5) is 19.3. The number of nitrogens with one attached hydrogen (secondary N) is 1. The normalized spacial score (nSPS) is 10.2. The summed E-state index contributed by atoms with van der Waals surface area (Å²) in [5.41, 5.74) is 0.221. The number of aromatic nitrogens is 2. The zero-order valence-electron chi connectivity index (χ0n) is 8.82. The summed E-state index contributed by atoms with van der Waals surface area (Å²) in [6.07, 6.45) is 2.45. The van der Waals surface area contributed by atoms with Gasteiger partial charge in [0.25, 0.3) is 5.91 Å². The Hall–Kier alpha value is -1.72. The molecule has 0 aliphatic rings. The molecule has 0 saturated carbocycles. The van der Waals surface area contributed by atoms with Gasteiger partial charge in [0.05, 0.1) is 23.1 Å². The molecule has 4 nitrogen and oxygen atoms in total. The van der Waals surface area contributed by atoms with E-state index in [0.717, 1.165) is 6.07 Å². The molecule has 0 unspecified atom stereocenters. The van der Waals surface area contributed by atoms with Crippen LogP contribution < -0.4 is 5.32 Å². The minimum Gasteiger partial charge on any atom is -0.319 e. The van der Waals surface area contributed by atoms with E-state index in [0.29, 0.717) is 0 Å². The van der Waals surface area contributed by atoms with Crippen molar-refractivity contribution >= 4 is 34.8 Å². The third kappa shape index (κ3) is 2.94. The van der Waals surface area contributed by atoms with E-state index in [9.17, 15) is 9.18 Å². The SMILES string of the molecule is O=C(Nc1cc(F)ccc1Cl)c1cnc(Cl)cn1. The van der Waals surface area contributed by atoms with Gasteiger partial charge < -0.3 is 5.32 Å². The van der Waals surface area contributed by atoms with Gasteiger partial charge in [0.1, 0.15) is 16.7 Å². The summed E-state index contributed by atoms with van der Waals surface area (Å²) in [6.45, 7) is 0. The Morgan fingerprint density at radius 1 is 1.22 bits per heavy atom. The Morgan fingerprint density at radius 3 is 2.67 bits per heavy atom. The van der Waals surface area contributed by atoms with Crippen LogP contribution in [0.1, 0.15) is 10.5 Å². The lowest BCUT2D eigenvalue weighted by atomic mass is 10.3. The highest BCUT2D eigenvalue weighted by Gasteiger charge is 2.11. The second-order valence-electron chi connectivity index (χ2n) is 3.30. The van der Waals surface area contributed by atoms with Crippen molar-refractivity contribution in [1.82, 2.24) is 9.97 Å². The van der Waals surface area contributed by atoms with Gasteiger partial charge >= 0.3 is 0 Å². The number of carbonyl (C=O) groups excluding carboxylic acids is 1. The quantitative estimate of drug-likeness (QED) is 0.922. The van der Waals surface area contributed by atoms with Crippen LogP contribution in [0.3, 0.4) is 0 Å². The maximum atomic E-state index is 13.0. The third-order valence-electron chi connectivity index (χ3n) is 2.03. The zero-order chi connectivity index (χ0) is 13.1. The van der Waals surface area contributed by atoms with Crippen molar-refractivity contribution < 1.29 is 9.18 Å². The van der Waals surface area contributed by atoms with Crippen LogP contribution in [0.2, 0.25) is 10.2 Å². The molecule has 0 aliphatic carbocycles. The summed E-state index contributed by atoms with van der Waals surface area (Å²) in [6, 6.07) is 3.66. The van der Waals surface area contributed by atoms with Crippen LogP contribution in [0, 0.1) is 5.82 Å². The van der Waals surface area contributed by atoms with E-state index in [1.165, 1.54) is 24.5 Å². The summed E-state index contributed by atoms with van der Waals surface area (Å²) in [7, 11) is 0. The number of rotatable bonds is 2. The van der Waals surface area contributed by atoms with E-state index in [-0.39, 0.29) is 21.6 Å². The standard InChI is InChI=1S/C11H6Cl2FN3O/c12-7-2-1-6(14)3-8(7)17-11(18)9-4-16-10(13)5-15-9/h1-5H,(H,17,18). The van der Waals surface area contributed by atoms with E-state index in [2.05, 4.69) is 15.3 Å². The Morgan fingerprint density at radius 2 is 2.00 bits per heavy atom. The summed E-state index contributed by atoms with van der Waals surface area (Å²) in [5.74, 6) is -1.05. The van der Waals surface area contributed by atoms with Gasteiger partial charge in [0, 0.05) is 0 Å². The molecule has 1 aromatic heterocycles. The predicted octanol–water partition coefficient (Wildman–Crippen LogP) is 3.17. The Kier molecular flexibility index (Phi) is 3.74. The number of halogens is 3. The van der Waals surface area contributed by atoms with E-state index < -0.39 is 11.7 Å². The van der Waals surface area contributed by atoms with Gasteiger partial charge in [-0.3, -0.25) is 4.79 Å². The largest absolute Gasteiger partial charge is 0.319 e. The van der Waals surface area contributed by atoms with Crippen LogP contribution in [0.5, 0.6) is 0 Å². The number of anilines is 1. The van der Waals surface area contributed by atoms with Crippen molar-refractivity contribution in [3.05, 3.63) is 52.3 Å². The maximum absolute atomic E-state index is 13.0. The van der Waals surface area contributed by atoms with Crippen LogP contribution >= 0.6 is 23.2 Å². The van der Waals surface area contributed by atoms with Gasteiger partial charge in [-0.05, 0) is 18.2 Å². The van der Waals surface area contributed by atoms with E-state index in [1.54, 1.807) is 0 Å². The Labute approximate surface area is 112 Å². The zero-order valence-corrected chi connectivity index (χ0v) is 10.3. The molecule has 92 valence electrons. The maximum Gasteiger partial charge on any atom is 0.275 e. The molecule has 0 spiro atoms. The molecule has 0 saturated heterocycles. The Bertz CT molecular complexity index is 589. The minimum absolute atomic E-state index is 0.0553. The highest BCUT2D eigenvalue weighted by Crippen LogP contribution is 2.22. The molecule has 0 aliphatic heterocycles.